The van der Waals surface area contributed by atoms with E-state index in [4.69, 9.17) is 33.8 Å². The van der Waals surface area contributed by atoms with Crippen LogP contribution in [0, 0.1) is 11.8 Å². The summed E-state index contributed by atoms with van der Waals surface area (Å²) in [5.74, 6) is 3.38. The van der Waals surface area contributed by atoms with E-state index in [-0.39, 0.29) is 41.4 Å². The highest BCUT2D eigenvalue weighted by molar-refractivity contribution is 5.85. The van der Waals surface area contributed by atoms with Crippen molar-refractivity contribution in [2.45, 2.75) is 38.9 Å². The molecule has 8 rings (SSSR count). The van der Waals surface area contributed by atoms with E-state index in [1.165, 1.54) is 0 Å². The van der Waals surface area contributed by atoms with Gasteiger partial charge in [0.15, 0.2) is 23.0 Å². The third kappa shape index (κ3) is 9.41. The van der Waals surface area contributed by atoms with Crippen LogP contribution in [-0.2, 0) is 23.7 Å². The zero-order chi connectivity index (χ0) is 42.4. The molecule has 6 aromatic rings. The lowest BCUT2D eigenvalue weighted by atomic mass is 10.0. The molecule has 0 radical (unpaired) electrons. The number of aromatic nitrogens is 6. The number of fused-ring (bicyclic) bond motifs is 2. The van der Waals surface area contributed by atoms with Crippen molar-refractivity contribution >= 4 is 33.9 Å². The highest BCUT2D eigenvalue weighted by Gasteiger charge is 2.29. The lowest BCUT2D eigenvalue weighted by Crippen LogP contribution is -2.26. The van der Waals surface area contributed by atoms with Crippen LogP contribution in [0.4, 0.5) is 0 Å². The third-order valence-corrected chi connectivity index (χ3v) is 10.4. The van der Waals surface area contributed by atoms with Gasteiger partial charge in [0.2, 0.25) is 17.7 Å². The maximum Gasteiger partial charge on any atom is 0.274 e. The number of ether oxygens (including phenoxy) is 5. The van der Waals surface area contributed by atoms with Crippen molar-refractivity contribution in [3.8, 4) is 51.4 Å². The summed E-state index contributed by atoms with van der Waals surface area (Å²) in [5, 5.41) is 14.5. The number of carbonyl (C=O) groups is 2. The van der Waals surface area contributed by atoms with Crippen LogP contribution in [0.2, 0.25) is 0 Å². The Morgan fingerprint density at radius 2 is 1.22 bits per heavy atom. The Hall–Kier alpha value is -6.62. The van der Waals surface area contributed by atoms with Gasteiger partial charge in [-0.3, -0.25) is 14.4 Å². The molecule has 2 aliphatic heterocycles. The number of H-pyrrole nitrogens is 1. The van der Waals surface area contributed by atoms with Gasteiger partial charge in [0, 0.05) is 63.0 Å². The number of hydrogen-bond donors (Lipinski definition) is 4. The Kier molecular flexibility index (Phi) is 13.0. The Bertz CT molecular complexity index is 2510. The number of nitrogens with one attached hydrogen (secondary N) is 3. The molecule has 0 aliphatic carbocycles. The predicted octanol–water partition coefficient (Wildman–Crippen LogP) is 4.01. The average Bonchev–Trinajstić information content (AvgIpc) is 4.05. The lowest BCUT2D eigenvalue weighted by Gasteiger charge is -2.20. The molecular formula is C42H50N8O9. The van der Waals surface area contributed by atoms with Crippen LogP contribution in [0.5, 0.6) is 28.9 Å². The number of imidazole rings is 2. The standard InChI is InChI=1S/C21H24N4O4.C15H15N3O3.C6H11NO2/c1-12(14-8-19(26)22-10-14)29-21-20-16(23-11-25(20)2)9-15(24-21)13-5-6-17(27-3)18(7-13)28-4;1-18-8-16-11-7-10(17-15(19)14(11)18)9-4-5-12(20-2)13(6-9)21-3;1-4(8)5-2-6(9)7-3-5/h5-7,9,11-12,14H,8,10H2,1-4H3,(H,22,26);4-8H,1-3H3,(H,17,19);4-5,8H,2-3H2,1H3,(H,7,9)/t12-,14-;;4-,5+/m1.0/s1. The molecule has 2 amide bonds. The van der Waals surface area contributed by atoms with Gasteiger partial charge in [0.25, 0.3) is 5.56 Å². The summed E-state index contributed by atoms with van der Waals surface area (Å²) in [7, 11) is 10.1. The number of carbonyl (C=O) groups excluding carboxylic acids is 2. The van der Waals surface area contributed by atoms with Gasteiger partial charge in [-0.1, -0.05) is 0 Å². The number of aliphatic hydroxyl groups is 1. The van der Waals surface area contributed by atoms with Crippen molar-refractivity contribution in [3.63, 3.8) is 0 Å². The van der Waals surface area contributed by atoms with E-state index in [2.05, 4.69) is 25.6 Å². The molecule has 59 heavy (non-hydrogen) atoms. The van der Waals surface area contributed by atoms with Gasteiger partial charge in [-0.25, -0.2) is 15.0 Å². The SMILES string of the molecule is COc1ccc(-c2cc3ncn(C)c3c(=O)[nH]2)cc1OC.COc1ccc(-c2cc3ncn(C)c3c(O[C@H](C)[C@H]3CNC(=O)C3)n2)cc1OC.C[C@H](O)[C@H]1CNC(=O)C1. The van der Waals surface area contributed by atoms with E-state index in [1.54, 1.807) is 65.7 Å². The van der Waals surface area contributed by atoms with Crippen LogP contribution >= 0.6 is 0 Å². The minimum absolute atomic E-state index is 0.0564. The maximum absolute atomic E-state index is 12.2. The molecule has 17 nitrogen and oxygen atoms in total. The molecule has 0 bridgehead atoms. The van der Waals surface area contributed by atoms with Crippen molar-refractivity contribution < 1.29 is 38.4 Å². The second-order valence-electron chi connectivity index (χ2n) is 14.4. The van der Waals surface area contributed by atoms with E-state index in [0.29, 0.717) is 71.5 Å². The first-order chi connectivity index (χ1) is 28.3. The molecule has 4 N–H and O–H groups in total. The number of pyridine rings is 2. The van der Waals surface area contributed by atoms with Crippen molar-refractivity contribution in [1.82, 2.24) is 39.7 Å². The van der Waals surface area contributed by atoms with Crippen molar-refractivity contribution in [2.24, 2.45) is 25.9 Å². The lowest BCUT2D eigenvalue weighted by molar-refractivity contribution is -0.120. The number of methoxy groups -OCH3 is 4. The van der Waals surface area contributed by atoms with Gasteiger partial charge < -0.3 is 53.5 Å². The van der Waals surface area contributed by atoms with Crippen LogP contribution < -0.4 is 39.9 Å². The van der Waals surface area contributed by atoms with Crippen LogP contribution in [0.1, 0.15) is 26.7 Å². The second kappa shape index (κ2) is 18.3. The van der Waals surface area contributed by atoms with Gasteiger partial charge >= 0.3 is 0 Å². The summed E-state index contributed by atoms with van der Waals surface area (Å²) in [6.45, 7) is 4.93. The van der Waals surface area contributed by atoms with E-state index in [9.17, 15) is 14.4 Å². The molecule has 0 saturated carbocycles. The molecule has 312 valence electrons. The topological polar surface area (TPSA) is 206 Å². The van der Waals surface area contributed by atoms with E-state index in [1.807, 2.05) is 61.0 Å². The van der Waals surface area contributed by atoms with Crippen molar-refractivity contribution in [1.29, 1.82) is 0 Å². The molecule has 2 saturated heterocycles. The molecule has 2 fully saturated rings. The molecule has 17 heteroatoms. The molecule has 2 aliphatic rings. The van der Waals surface area contributed by atoms with Crippen LogP contribution in [0.25, 0.3) is 44.6 Å². The fourth-order valence-corrected chi connectivity index (χ4v) is 6.91. The Labute approximate surface area is 340 Å². The van der Waals surface area contributed by atoms with E-state index < -0.39 is 0 Å². The zero-order valence-corrected chi connectivity index (χ0v) is 34.4. The van der Waals surface area contributed by atoms with Gasteiger partial charge in [0.1, 0.15) is 17.1 Å². The summed E-state index contributed by atoms with van der Waals surface area (Å²) in [4.78, 5) is 50.6. The third-order valence-electron chi connectivity index (χ3n) is 10.4. The fraction of sp³-hybridized carbons (Fsp3) is 0.381. The summed E-state index contributed by atoms with van der Waals surface area (Å²) in [6, 6.07) is 14.9. The number of aliphatic hydroxyl groups excluding tert-OH is 1. The van der Waals surface area contributed by atoms with Crippen LogP contribution in [-0.4, -0.2) is 99.7 Å². The largest absolute Gasteiger partial charge is 0.493 e. The molecule has 2 aromatic carbocycles. The first kappa shape index (κ1) is 42.0. The first-order valence-corrected chi connectivity index (χ1v) is 19.0. The summed E-state index contributed by atoms with van der Waals surface area (Å²) >= 11 is 0. The maximum atomic E-state index is 12.2. The molecule has 0 unspecified atom stereocenters. The van der Waals surface area contributed by atoms with E-state index in [0.717, 1.165) is 27.9 Å². The molecule has 4 atom stereocenters. The summed E-state index contributed by atoms with van der Waals surface area (Å²) < 4.78 is 31.1. The fourth-order valence-electron chi connectivity index (χ4n) is 6.91. The summed E-state index contributed by atoms with van der Waals surface area (Å²) in [6.07, 6.45) is 3.79. The Morgan fingerprint density at radius 3 is 1.75 bits per heavy atom. The predicted molar refractivity (Wildman–Crippen MR) is 221 cm³/mol. The second-order valence-corrected chi connectivity index (χ2v) is 14.4. The minimum Gasteiger partial charge on any atom is -0.493 e. The number of benzene rings is 2. The molecule has 6 heterocycles. The number of aryl methyl sites for hydroxylation is 2. The van der Waals surface area contributed by atoms with Gasteiger partial charge in [-0.15, -0.1) is 0 Å². The van der Waals surface area contributed by atoms with Crippen molar-refractivity contribution in [3.05, 3.63) is 71.5 Å². The summed E-state index contributed by atoms with van der Waals surface area (Å²) in [5.41, 5.74) is 5.76. The number of rotatable bonds is 10. The first-order valence-electron chi connectivity index (χ1n) is 19.0. The normalized spacial score (nSPS) is 16.9. The quantitative estimate of drug-likeness (QED) is 0.155. The van der Waals surface area contributed by atoms with Gasteiger partial charge in [0.05, 0.1) is 69.6 Å². The van der Waals surface area contributed by atoms with Crippen molar-refractivity contribution in [2.75, 3.05) is 41.5 Å². The number of amides is 2. The average molecular weight is 811 g/mol. The number of hydrogen-bond acceptors (Lipinski definition) is 12. The molecule has 0 spiro atoms. The Balaban J connectivity index is 0.000000169. The Morgan fingerprint density at radius 1 is 0.695 bits per heavy atom. The smallest absolute Gasteiger partial charge is 0.274 e. The van der Waals surface area contributed by atoms with Crippen LogP contribution in [0.3, 0.4) is 0 Å². The highest BCUT2D eigenvalue weighted by atomic mass is 16.5. The zero-order valence-electron chi connectivity index (χ0n) is 34.4. The number of aromatic amines is 1. The highest BCUT2D eigenvalue weighted by Crippen LogP contribution is 2.35. The van der Waals surface area contributed by atoms with Crippen LogP contribution in [0.15, 0.2) is 66.0 Å². The monoisotopic (exact) mass is 810 g/mol. The number of nitrogens with zero attached hydrogens (tertiary/aromatic N) is 5. The molecular weight excluding hydrogens is 761 g/mol. The minimum atomic E-state index is -0.357. The van der Waals surface area contributed by atoms with Gasteiger partial charge in [-0.05, 0) is 62.4 Å². The molecule has 4 aromatic heterocycles. The van der Waals surface area contributed by atoms with Gasteiger partial charge in [-0.2, -0.15) is 0 Å². The van der Waals surface area contributed by atoms with E-state index >= 15 is 0 Å².